The number of anilines is 3. The number of hydrogen-bond acceptors (Lipinski definition) is 11. The first-order valence-corrected chi connectivity index (χ1v) is 11.4. The van der Waals surface area contributed by atoms with Gasteiger partial charge in [0.15, 0.2) is 0 Å². The van der Waals surface area contributed by atoms with Crippen molar-refractivity contribution in [2.45, 2.75) is 24.9 Å². The molecule has 12 nitrogen and oxygen atoms in total. The van der Waals surface area contributed by atoms with Crippen molar-refractivity contribution >= 4 is 35.7 Å². The molecule has 0 spiro atoms. The molecule has 0 aliphatic heterocycles. The number of primary amides is 1. The molecule has 5 N–H and O–H groups in total. The molecule has 3 aromatic rings. The molecule has 1 heterocycles. The highest BCUT2D eigenvalue weighted by Crippen LogP contribution is 2.16. The molecule has 0 saturated heterocycles. The van der Waals surface area contributed by atoms with E-state index in [9.17, 15) is 14.4 Å². The summed E-state index contributed by atoms with van der Waals surface area (Å²) in [6.07, 6.45) is 0.593. The van der Waals surface area contributed by atoms with Crippen LogP contribution < -0.4 is 21.7 Å². The summed E-state index contributed by atoms with van der Waals surface area (Å²) < 4.78 is 9.89. The fraction of sp³-hybridized carbons (Fsp3) is 0.280. The summed E-state index contributed by atoms with van der Waals surface area (Å²) in [6, 6.07) is 17.0. The molecule has 1 amide bonds. The number of carbonyl (C=O) groups is 3. The second kappa shape index (κ2) is 13.4. The summed E-state index contributed by atoms with van der Waals surface area (Å²) in [5, 5.41) is 8.64. The Kier molecular flexibility index (Phi) is 9.71. The smallest absolute Gasteiger partial charge is 0.328 e. The van der Waals surface area contributed by atoms with Gasteiger partial charge >= 0.3 is 11.9 Å². The van der Waals surface area contributed by atoms with Gasteiger partial charge in [-0.05, 0) is 11.1 Å². The SMILES string of the molecule is COC(=O)[C@H](Cc1ccccc1)Nc1nc(NCC(N)=O)nc(N[C@@H](Cc2ccccc2)C(=O)OC)n1. The van der Waals surface area contributed by atoms with Crippen LogP contribution in [0.3, 0.4) is 0 Å². The summed E-state index contributed by atoms with van der Waals surface area (Å²) in [7, 11) is 2.57. The minimum atomic E-state index is -0.827. The number of amides is 1. The van der Waals surface area contributed by atoms with Gasteiger partial charge < -0.3 is 31.2 Å². The van der Waals surface area contributed by atoms with E-state index in [2.05, 4.69) is 30.9 Å². The second-order valence-corrected chi connectivity index (χ2v) is 7.95. The zero-order valence-electron chi connectivity index (χ0n) is 20.5. The summed E-state index contributed by atoms with van der Waals surface area (Å²) in [4.78, 5) is 49.1. The number of nitrogens with one attached hydrogen (secondary N) is 3. The van der Waals surface area contributed by atoms with Crippen molar-refractivity contribution in [1.29, 1.82) is 0 Å². The Morgan fingerprint density at radius 1 is 0.730 bits per heavy atom. The third-order valence-corrected chi connectivity index (χ3v) is 5.20. The van der Waals surface area contributed by atoms with Gasteiger partial charge in [0, 0.05) is 12.8 Å². The van der Waals surface area contributed by atoms with E-state index < -0.39 is 29.9 Å². The third kappa shape index (κ3) is 8.46. The van der Waals surface area contributed by atoms with Gasteiger partial charge in [0.05, 0.1) is 20.8 Å². The van der Waals surface area contributed by atoms with E-state index in [4.69, 9.17) is 15.2 Å². The van der Waals surface area contributed by atoms with Crippen LogP contribution in [0.5, 0.6) is 0 Å². The number of aromatic nitrogens is 3. The lowest BCUT2D eigenvalue weighted by atomic mass is 10.1. The molecule has 0 aliphatic carbocycles. The Bertz CT molecular complexity index is 1110. The largest absolute Gasteiger partial charge is 0.467 e. The Balaban J connectivity index is 1.90. The van der Waals surface area contributed by atoms with Gasteiger partial charge in [-0.15, -0.1) is 0 Å². The van der Waals surface area contributed by atoms with Crippen LogP contribution in [0.1, 0.15) is 11.1 Å². The molecule has 12 heteroatoms. The first kappa shape index (κ1) is 26.9. The van der Waals surface area contributed by atoms with Gasteiger partial charge in [-0.25, -0.2) is 9.59 Å². The van der Waals surface area contributed by atoms with Gasteiger partial charge in [0.2, 0.25) is 23.8 Å². The van der Waals surface area contributed by atoms with E-state index in [-0.39, 0.29) is 24.4 Å². The molecule has 0 aliphatic rings. The molecule has 2 aromatic carbocycles. The molecular weight excluding hydrogens is 478 g/mol. The molecule has 194 valence electrons. The molecule has 2 atom stereocenters. The molecule has 0 bridgehead atoms. The third-order valence-electron chi connectivity index (χ3n) is 5.20. The number of methoxy groups -OCH3 is 2. The predicted molar refractivity (Wildman–Crippen MR) is 137 cm³/mol. The number of rotatable bonds is 13. The predicted octanol–water partition coefficient (Wildman–Crippen LogP) is 1.16. The van der Waals surface area contributed by atoms with E-state index in [1.165, 1.54) is 14.2 Å². The zero-order chi connectivity index (χ0) is 26.6. The maximum atomic E-state index is 12.5. The summed E-state index contributed by atoms with van der Waals surface area (Å²) >= 11 is 0. The topological polar surface area (TPSA) is 170 Å². The molecule has 0 radical (unpaired) electrons. The first-order valence-electron chi connectivity index (χ1n) is 11.4. The van der Waals surface area contributed by atoms with Crippen LogP contribution in [0, 0.1) is 0 Å². The first-order chi connectivity index (χ1) is 17.9. The number of ether oxygens (including phenoxy) is 2. The lowest BCUT2D eigenvalue weighted by Gasteiger charge is -2.19. The van der Waals surface area contributed by atoms with Crippen molar-refractivity contribution in [3.63, 3.8) is 0 Å². The number of esters is 2. The highest BCUT2D eigenvalue weighted by atomic mass is 16.5. The van der Waals surface area contributed by atoms with Gasteiger partial charge in [-0.2, -0.15) is 15.0 Å². The molecular formula is C25H29N7O5. The van der Waals surface area contributed by atoms with Gasteiger partial charge in [0.1, 0.15) is 12.1 Å². The van der Waals surface area contributed by atoms with E-state index in [1.54, 1.807) is 0 Å². The maximum Gasteiger partial charge on any atom is 0.328 e. The van der Waals surface area contributed by atoms with Gasteiger partial charge in [-0.1, -0.05) is 60.7 Å². The van der Waals surface area contributed by atoms with Crippen LogP contribution in [0.15, 0.2) is 60.7 Å². The van der Waals surface area contributed by atoms with Crippen molar-refractivity contribution in [3.8, 4) is 0 Å². The summed E-state index contributed by atoms with van der Waals surface area (Å²) in [5.74, 6) is -1.65. The molecule has 37 heavy (non-hydrogen) atoms. The Labute approximate surface area is 214 Å². The van der Waals surface area contributed by atoms with Crippen molar-refractivity contribution in [2.75, 3.05) is 36.7 Å². The lowest BCUT2D eigenvalue weighted by molar-refractivity contribution is -0.142. The van der Waals surface area contributed by atoms with E-state index >= 15 is 0 Å². The lowest BCUT2D eigenvalue weighted by Crippen LogP contribution is -2.35. The van der Waals surface area contributed by atoms with E-state index in [1.807, 2.05) is 60.7 Å². The normalized spacial score (nSPS) is 12.1. The molecule has 1 aromatic heterocycles. The minimum Gasteiger partial charge on any atom is -0.467 e. The number of benzene rings is 2. The van der Waals surface area contributed by atoms with Crippen LogP contribution in [0.4, 0.5) is 17.8 Å². The fourth-order valence-corrected chi connectivity index (χ4v) is 3.43. The average Bonchev–Trinajstić information content (AvgIpc) is 2.91. The summed E-state index contributed by atoms with van der Waals surface area (Å²) in [6.45, 7) is -0.238. The quantitative estimate of drug-likeness (QED) is 0.245. The van der Waals surface area contributed by atoms with Crippen molar-refractivity contribution < 1.29 is 23.9 Å². The van der Waals surface area contributed by atoms with E-state index in [0.29, 0.717) is 12.8 Å². The fourth-order valence-electron chi connectivity index (χ4n) is 3.43. The van der Waals surface area contributed by atoms with Crippen LogP contribution in [0.25, 0.3) is 0 Å². The maximum absolute atomic E-state index is 12.5. The number of carbonyl (C=O) groups excluding carboxylic acids is 3. The molecule has 3 rings (SSSR count). The van der Waals surface area contributed by atoms with Crippen molar-refractivity contribution in [1.82, 2.24) is 15.0 Å². The monoisotopic (exact) mass is 507 g/mol. The second-order valence-electron chi connectivity index (χ2n) is 7.95. The van der Waals surface area contributed by atoms with Crippen LogP contribution in [-0.2, 0) is 36.7 Å². The highest BCUT2D eigenvalue weighted by molar-refractivity contribution is 5.80. The van der Waals surface area contributed by atoms with Gasteiger partial charge in [0.25, 0.3) is 0 Å². The van der Waals surface area contributed by atoms with E-state index in [0.717, 1.165) is 11.1 Å². The van der Waals surface area contributed by atoms with Crippen LogP contribution in [-0.4, -0.2) is 65.6 Å². The van der Waals surface area contributed by atoms with Crippen molar-refractivity contribution in [2.24, 2.45) is 5.73 Å². The zero-order valence-corrected chi connectivity index (χ0v) is 20.5. The number of hydrogen-bond donors (Lipinski definition) is 4. The number of nitrogens with two attached hydrogens (primary N) is 1. The highest BCUT2D eigenvalue weighted by Gasteiger charge is 2.24. The van der Waals surface area contributed by atoms with Crippen LogP contribution >= 0.6 is 0 Å². The molecule has 0 fully saturated rings. The number of nitrogens with zero attached hydrogens (tertiary/aromatic N) is 3. The Hall–Kier alpha value is -4.74. The minimum absolute atomic E-state index is 0.00505. The van der Waals surface area contributed by atoms with Crippen LogP contribution in [0.2, 0.25) is 0 Å². The molecule has 0 unspecified atom stereocenters. The Morgan fingerprint density at radius 3 is 1.51 bits per heavy atom. The Morgan fingerprint density at radius 2 is 1.14 bits per heavy atom. The van der Waals surface area contributed by atoms with Crippen molar-refractivity contribution in [3.05, 3.63) is 71.8 Å². The standard InChI is InChI=1S/C25H29N7O5/c1-36-21(34)18(13-16-9-5-3-6-10-16)28-24-30-23(27-15-20(26)33)31-25(32-24)29-19(22(35)37-2)14-17-11-7-4-8-12-17/h3-12,18-19H,13-15H2,1-2H3,(H2,26,33)(H3,27,28,29,30,31,32)/t18-,19-/m0/s1. The average molecular weight is 508 g/mol. The van der Waals surface area contributed by atoms with Gasteiger partial charge in [-0.3, -0.25) is 4.79 Å². The molecule has 0 saturated carbocycles. The summed E-state index contributed by atoms with van der Waals surface area (Å²) in [5.41, 5.74) is 7.01.